The predicted molar refractivity (Wildman–Crippen MR) is 105 cm³/mol. The molecule has 3 unspecified atom stereocenters. The molecular weight excluding hydrogens is 386 g/mol. The van der Waals surface area contributed by atoms with E-state index in [1.807, 2.05) is 29.2 Å². The first-order valence-electron chi connectivity index (χ1n) is 9.20. The lowest BCUT2D eigenvalue weighted by Gasteiger charge is -2.37. The lowest BCUT2D eigenvalue weighted by molar-refractivity contribution is -0.136. The van der Waals surface area contributed by atoms with Crippen LogP contribution in [0.15, 0.2) is 42.5 Å². The summed E-state index contributed by atoms with van der Waals surface area (Å²) in [6, 6.07) is 11.7. The first-order chi connectivity index (χ1) is 13.1. The van der Waals surface area contributed by atoms with Crippen LogP contribution in [0.5, 0.6) is 5.75 Å². The highest BCUT2D eigenvalue weighted by Crippen LogP contribution is 2.50. The summed E-state index contributed by atoms with van der Waals surface area (Å²) in [4.78, 5) is 15.0. The van der Waals surface area contributed by atoms with Gasteiger partial charge in [0.05, 0.1) is 13.2 Å². The van der Waals surface area contributed by atoms with E-state index in [1.165, 1.54) is 6.07 Å². The van der Waals surface area contributed by atoms with E-state index in [0.717, 1.165) is 17.4 Å². The molecule has 2 aromatic carbocycles. The van der Waals surface area contributed by atoms with Crippen LogP contribution in [0.4, 0.5) is 8.78 Å². The minimum absolute atomic E-state index is 0. The number of halogens is 3. The van der Waals surface area contributed by atoms with Crippen LogP contribution in [-0.4, -0.2) is 37.6 Å². The summed E-state index contributed by atoms with van der Waals surface area (Å²) in [6.45, 7) is 1.93. The van der Waals surface area contributed by atoms with Gasteiger partial charge in [0.1, 0.15) is 5.75 Å². The van der Waals surface area contributed by atoms with Gasteiger partial charge in [-0.3, -0.25) is 4.79 Å². The molecule has 1 aliphatic carbocycles. The Morgan fingerprint density at radius 3 is 2.68 bits per heavy atom. The average Bonchev–Trinajstić information content (AvgIpc) is 3.50. The Morgan fingerprint density at radius 2 is 1.89 bits per heavy atom. The molecule has 2 aromatic rings. The van der Waals surface area contributed by atoms with E-state index >= 15 is 0 Å². The van der Waals surface area contributed by atoms with Crippen molar-refractivity contribution in [3.8, 4) is 5.75 Å². The zero-order valence-corrected chi connectivity index (χ0v) is 16.3. The van der Waals surface area contributed by atoms with Gasteiger partial charge in [0.2, 0.25) is 5.91 Å². The van der Waals surface area contributed by atoms with E-state index in [0.29, 0.717) is 31.6 Å². The minimum Gasteiger partial charge on any atom is -0.496 e. The van der Waals surface area contributed by atoms with E-state index in [-0.39, 0.29) is 36.2 Å². The van der Waals surface area contributed by atoms with Crippen LogP contribution in [0.3, 0.4) is 0 Å². The van der Waals surface area contributed by atoms with Crippen LogP contribution in [0.1, 0.15) is 29.5 Å². The van der Waals surface area contributed by atoms with Gasteiger partial charge in [-0.05, 0) is 30.0 Å². The minimum atomic E-state index is -0.861. The van der Waals surface area contributed by atoms with Gasteiger partial charge in [-0.15, -0.1) is 12.4 Å². The van der Waals surface area contributed by atoms with Crippen molar-refractivity contribution < 1.29 is 18.3 Å². The van der Waals surface area contributed by atoms with Crippen LogP contribution in [0, 0.1) is 17.6 Å². The molecular formula is C21H23ClF2N2O2. The molecule has 2 fully saturated rings. The Balaban J connectivity index is 0.00000225. The van der Waals surface area contributed by atoms with E-state index in [2.05, 4.69) is 5.32 Å². The number of rotatable bonds is 4. The third kappa shape index (κ3) is 3.71. The molecule has 1 aliphatic heterocycles. The monoisotopic (exact) mass is 408 g/mol. The van der Waals surface area contributed by atoms with Gasteiger partial charge in [0.15, 0.2) is 11.6 Å². The molecule has 0 spiro atoms. The van der Waals surface area contributed by atoms with E-state index in [4.69, 9.17) is 4.74 Å². The van der Waals surface area contributed by atoms with Gasteiger partial charge < -0.3 is 15.0 Å². The highest BCUT2D eigenvalue weighted by Gasteiger charge is 2.48. The van der Waals surface area contributed by atoms with Gasteiger partial charge in [-0.2, -0.15) is 0 Å². The second kappa shape index (κ2) is 8.45. The number of carbonyl (C=O) groups is 1. The number of piperazine rings is 1. The van der Waals surface area contributed by atoms with Crippen molar-refractivity contribution in [2.24, 2.45) is 5.92 Å². The molecule has 7 heteroatoms. The highest BCUT2D eigenvalue weighted by atomic mass is 35.5. The predicted octanol–water partition coefficient (Wildman–Crippen LogP) is 3.67. The number of amides is 1. The molecule has 4 rings (SSSR count). The number of carbonyl (C=O) groups excluding carboxylic acids is 1. The number of nitrogens with zero attached hydrogens (tertiary/aromatic N) is 1. The van der Waals surface area contributed by atoms with Crippen molar-refractivity contribution in [2.45, 2.75) is 18.4 Å². The van der Waals surface area contributed by atoms with Crippen LogP contribution in [0.2, 0.25) is 0 Å². The zero-order valence-electron chi connectivity index (χ0n) is 15.5. The quantitative estimate of drug-likeness (QED) is 0.839. The molecule has 0 bridgehead atoms. The number of nitrogens with one attached hydrogen (secondary N) is 1. The Morgan fingerprint density at radius 1 is 1.14 bits per heavy atom. The highest BCUT2D eigenvalue weighted by molar-refractivity contribution is 5.85. The van der Waals surface area contributed by atoms with E-state index < -0.39 is 11.6 Å². The smallest absolute Gasteiger partial charge is 0.226 e. The molecule has 4 nitrogen and oxygen atoms in total. The van der Waals surface area contributed by atoms with Crippen LogP contribution in [-0.2, 0) is 4.79 Å². The maximum Gasteiger partial charge on any atom is 0.226 e. The third-order valence-corrected chi connectivity index (χ3v) is 5.51. The Labute approximate surface area is 169 Å². The van der Waals surface area contributed by atoms with Gasteiger partial charge >= 0.3 is 0 Å². The van der Waals surface area contributed by atoms with Crippen molar-refractivity contribution in [3.63, 3.8) is 0 Å². The summed E-state index contributed by atoms with van der Waals surface area (Å²) >= 11 is 0. The summed E-state index contributed by atoms with van der Waals surface area (Å²) in [5, 5.41) is 3.33. The van der Waals surface area contributed by atoms with Crippen molar-refractivity contribution in [2.75, 3.05) is 26.7 Å². The molecule has 1 amide bonds. The summed E-state index contributed by atoms with van der Waals surface area (Å²) in [6.07, 6.45) is 0.557. The molecule has 1 saturated carbocycles. The van der Waals surface area contributed by atoms with Crippen LogP contribution >= 0.6 is 12.4 Å². The first-order valence-corrected chi connectivity index (χ1v) is 9.20. The van der Waals surface area contributed by atoms with Gasteiger partial charge in [0.25, 0.3) is 0 Å². The Bertz CT molecular complexity index is 864. The maximum atomic E-state index is 14.1. The number of hydrogen-bond acceptors (Lipinski definition) is 3. The normalized spacial score (nSPS) is 23.7. The molecule has 0 radical (unpaired) electrons. The third-order valence-electron chi connectivity index (χ3n) is 5.51. The lowest BCUT2D eigenvalue weighted by atomic mass is 10.0. The van der Waals surface area contributed by atoms with Crippen molar-refractivity contribution in [3.05, 3.63) is 65.2 Å². The van der Waals surface area contributed by atoms with Gasteiger partial charge in [-0.1, -0.05) is 30.3 Å². The van der Waals surface area contributed by atoms with Crippen LogP contribution < -0.4 is 10.1 Å². The standard InChI is InChI=1S/C21H22F2N2O2.ClH/c1-27-19-8-3-2-5-14(19)18-12-24-9-10-25(18)21(26)16-11-15(16)13-6-4-7-17(22)20(13)23;/h2-8,15-16,18,24H,9-12H2,1H3;1H. The molecule has 2 aliphatic rings. The molecule has 1 saturated heterocycles. The molecule has 1 heterocycles. The van der Waals surface area contributed by atoms with E-state index in [9.17, 15) is 13.6 Å². The summed E-state index contributed by atoms with van der Waals surface area (Å²) in [7, 11) is 1.62. The fourth-order valence-electron chi connectivity index (χ4n) is 4.02. The molecule has 28 heavy (non-hydrogen) atoms. The average molecular weight is 409 g/mol. The SMILES string of the molecule is COc1ccccc1C1CNCCN1C(=O)C1CC1c1cccc(F)c1F.Cl. The lowest BCUT2D eigenvalue weighted by Crippen LogP contribution is -2.49. The summed E-state index contributed by atoms with van der Waals surface area (Å²) in [5.41, 5.74) is 1.26. The molecule has 150 valence electrons. The maximum absolute atomic E-state index is 14.1. The zero-order chi connectivity index (χ0) is 19.0. The Kier molecular flexibility index (Phi) is 6.20. The van der Waals surface area contributed by atoms with Crippen molar-refractivity contribution in [1.29, 1.82) is 0 Å². The second-order valence-corrected chi connectivity index (χ2v) is 7.09. The molecule has 3 atom stereocenters. The van der Waals surface area contributed by atoms with Gasteiger partial charge in [-0.25, -0.2) is 8.78 Å². The number of hydrogen-bond donors (Lipinski definition) is 1. The van der Waals surface area contributed by atoms with Crippen molar-refractivity contribution in [1.82, 2.24) is 10.2 Å². The number of para-hydroxylation sites is 1. The fourth-order valence-corrected chi connectivity index (χ4v) is 4.02. The largest absolute Gasteiger partial charge is 0.496 e. The summed E-state index contributed by atoms with van der Waals surface area (Å²) < 4.78 is 33.1. The van der Waals surface area contributed by atoms with E-state index in [1.54, 1.807) is 13.2 Å². The first kappa shape index (κ1) is 20.6. The second-order valence-electron chi connectivity index (χ2n) is 7.09. The fraction of sp³-hybridized carbons (Fsp3) is 0.381. The number of benzene rings is 2. The van der Waals surface area contributed by atoms with Crippen LogP contribution in [0.25, 0.3) is 0 Å². The number of methoxy groups -OCH3 is 1. The Hall–Kier alpha value is -2.18. The molecule has 0 aromatic heterocycles. The molecule has 1 N–H and O–H groups in total. The topological polar surface area (TPSA) is 41.6 Å². The number of ether oxygens (including phenoxy) is 1. The van der Waals surface area contributed by atoms with Crippen molar-refractivity contribution >= 4 is 18.3 Å². The summed E-state index contributed by atoms with van der Waals surface area (Å²) in [5.74, 6) is -1.49. The van der Waals surface area contributed by atoms with Gasteiger partial charge in [0, 0.05) is 31.1 Å².